The number of rotatable bonds is 5. The summed E-state index contributed by atoms with van der Waals surface area (Å²) < 4.78 is 0. The fourth-order valence-corrected chi connectivity index (χ4v) is 2.72. The van der Waals surface area contributed by atoms with Gasteiger partial charge in [-0.05, 0) is 50.2 Å². The lowest BCUT2D eigenvalue weighted by molar-refractivity contribution is 0.287. The Kier molecular flexibility index (Phi) is 5.52. The zero-order valence-corrected chi connectivity index (χ0v) is 12.1. The van der Waals surface area contributed by atoms with E-state index in [1.165, 1.54) is 51.0 Å². The van der Waals surface area contributed by atoms with Crippen LogP contribution in [0.1, 0.15) is 32.6 Å². The molecule has 0 radical (unpaired) electrons. The summed E-state index contributed by atoms with van der Waals surface area (Å²) in [5.41, 5.74) is 7.91. The topological polar surface area (TPSA) is 32.5 Å². The third-order valence-corrected chi connectivity index (χ3v) is 3.92. The fourth-order valence-electron chi connectivity index (χ4n) is 2.72. The lowest BCUT2D eigenvalue weighted by Gasteiger charge is -2.23. The molecule has 1 fully saturated rings. The third kappa shape index (κ3) is 4.43. The molecule has 3 nitrogen and oxygen atoms in total. The van der Waals surface area contributed by atoms with Gasteiger partial charge in [0.25, 0.3) is 0 Å². The molecule has 0 atom stereocenters. The summed E-state index contributed by atoms with van der Waals surface area (Å²) >= 11 is 0. The Bertz CT molecular complexity index is 361. The molecule has 2 rings (SSSR count). The Hall–Kier alpha value is -1.22. The summed E-state index contributed by atoms with van der Waals surface area (Å²) in [6, 6.07) is 8.28. The van der Waals surface area contributed by atoms with Crippen molar-refractivity contribution in [2.24, 2.45) is 0 Å². The van der Waals surface area contributed by atoms with Crippen LogP contribution in [0.5, 0.6) is 0 Å². The van der Waals surface area contributed by atoms with E-state index in [9.17, 15) is 0 Å². The largest absolute Gasteiger partial charge is 0.399 e. The van der Waals surface area contributed by atoms with Gasteiger partial charge >= 0.3 is 0 Å². The molecular formula is C16H27N3. The number of nitrogens with zero attached hydrogens (tertiary/aromatic N) is 2. The minimum atomic E-state index is 0.847. The van der Waals surface area contributed by atoms with E-state index < -0.39 is 0 Å². The molecular weight excluding hydrogens is 234 g/mol. The van der Waals surface area contributed by atoms with E-state index in [4.69, 9.17) is 5.73 Å². The van der Waals surface area contributed by atoms with E-state index in [1.807, 2.05) is 12.1 Å². The second kappa shape index (κ2) is 7.39. The first-order valence-electron chi connectivity index (χ1n) is 7.62. The van der Waals surface area contributed by atoms with Crippen molar-refractivity contribution in [2.45, 2.75) is 32.6 Å². The standard InChI is InChI=1S/C16H27N3/c1-2-3-4-10-18-11-5-12-19(14-13-18)16-8-6-15(17)7-9-16/h6-9H,2-5,10-14,17H2,1H3. The van der Waals surface area contributed by atoms with Gasteiger partial charge in [0.05, 0.1) is 0 Å². The highest BCUT2D eigenvalue weighted by atomic mass is 15.2. The molecule has 1 heterocycles. The molecule has 1 aromatic rings. The zero-order chi connectivity index (χ0) is 13.5. The van der Waals surface area contributed by atoms with Gasteiger partial charge in [0.15, 0.2) is 0 Å². The maximum Gasteiger partial charge on any atom is 0.0368 e. The lowest BCUT2D eigenvalue weighted by atomic mass is 10.2. The summed E-state index contributed by atoms with van der Waals surface area (Å²) in [5, 5.41) is 0. The number of anilines is 2. The predicted molar refractivity (Wildman–Crippen MR) is 83.6 cm³/mol. The van der Waals surface area contributed by atoms with Crippen LogP contribution in [0.2, 0.25) is 0 Å². The van der Waals surface area contributed by atoms with Gasteiger partial charge in [-0.2, -0.15) is 0 Å². The van der Waals surface area contributed by atoms with Crippen molar-refractivity contribution in [3.05, 3.63) is 24.3 Å². The minimum absolute atomic E-state index is 0.847. The third-order valence-electron chi connectivity index (χ3n) is 3.92. The van der Waals surface area contributed by atoms with Crippen LogP contribution in [-0.4, -0.2) is 37.6 Å². The SMILES string of the molecule is CCCCCN1CCCN(c2ccc(N)cc2)CC1. The fraction of sp³-hybridized carbons (Fsp3) is 0.625. The van der Waals surface area contributed by atoms with Gasteiger partial charge in [0.1, 0.15) is 0 Å². The van der Waals surface area contributed by atoms with Crippen LogP contribution in [0.3, 0.4) is 0 Å². The minimum Gasteiger partial charge on any atom is -0.399 e. The molecule has 1 aliphatic rings. The smallest absolute Gasteiger partial charge is 0.0368 e. The van der Waals surface area contributed by atoms with Gasteiger partial charge in [-0.25, -0.2) is 0 Å². The van der Waals surface area contributed by atoms with Crippen LogP contribution in [0, 0.1) is 0 Å². The van der Waals surface area contributed by atoms with Gasteiger partial charge in [-0.3, -0.25) is 0 Å². The second-order valence-corrected chi connectivity index (χ2v) is 5.48. The molecule has 0 amide bonds. The van der Waals surface area contributed by atoms with Crippen molar-refractivity contribution in [1.82, 2.24) is 4.90 Å². The normalized spacial score (nSPS) is 17.4. The van der Waals surface area contributed by atoms with Crippen molar-refractivity contribution < 1.29 is 0 Å². The second-order valence-electron chi connectivity index (χ2n) is 5.48. The van der Waals surface area contributed by atoms with E-state index >= 15 is 0 Å². The molecule has 0 spiro atoms. The Morgan fingerprint density at radius 2 is 1.79 bits per heavy atom. The number of hydrogen-bond acceptors (Lipinski definition) is 3. The van der Waals surface area contributed by atoms with Crippen molar-refractivity contribution in [1.29, 1.82) is 0 Å². The Morgan fingerprint density at radius 3 is 2.53 bits per heavy atom. The Morgan fingerprint density at radius 1 is 1.00 bits per heavy atom. The van der Waals surface area contributed by atoms with E-state index in [1.54, 1.807) is 0 Å². The molecule has 1 aromatic carbocycles. The summed E-state index contributed by atoms with van der Waals surface area (Å²) in [7, 11) is 0. The zero-order valence-electron chi connectivity index (χ0n) is 12.1. The number of hydrogen-bond donors (Lipinski definition) is 1. The molecule has 0 aromatic heterocycles. The quantitative estimate of drug-likeness (QED) is 0.653. The van der Waals surface area contributed by atoms with E-state index in [-0.39, 0.29) is 0 Å². The number of unbranched alkanes of at least 4 members (excludes halogenated alkanes) is 2. The molecule has 0 bridgehead atoms. The van der Waals surface area contributed by atoms with Crippen LogP contribution in [0.4, 0.5) is 11.4 Å². The van der Waals surface area contributed by atoms with Crippen molar-refractivity contribution in [3.63, 3.8) is 0 Å². The average molecular weight is 261 g/mol. The van der Waals surface area contributed by atoms with Crippen LogP contribution >= 0.6 is 0 Å². The maximum absolute atomic E-state index is 5.75. The number of nitrogens with two attached hydrogens (primary N) is 1. The van der Waals surface area contributed by atoms with Crippen LogP contribution < -0.4 is 10.6 Å². The van der Waals surface area contributed by atoms with Crippen LogP contribution in [-0.2, 0) is 0 Å². The van der Waals surface area contributed by atoms with Crippen LogP contribution in [0.25, 0.3) is 0 Å². The van der Waals surface area contributed by atoms with E-state index in [0.717, 1.165) is 18.8 Å². The average Bonchev–Trinajstić information content (AvgIpc) is 2.66. The summed E-state index contributed by atoms with van der Waals surface area (Å²) in [6.07, 6.45) is 5.28. The first kappa shape index (κ1) is 14.2. The molecule has 2 N–H and O–H groups in total. The van der Waals surface area contributed by atoms with Crippen molar-refractivity contribution in [3.8, 4) is 0 Å². The Balaban J connectivity index is 1.84. The Labute approximate surface area is 117 Å². The lowest BCUT2D eigenvalue weighted by Crippen LogP contribution is -2.31. The molecule has 0 saturated carbocycles. The van der Waals surface area contributed by atoms with E-state index in [2.05, 4.69) is 28.9 Å². The maximum atomic E-state index is 5.75. The van der Waals surface area contributed by atoms with Gasteiger partial charge < -0.3 is 15.5 Å². The van der Waals surface area contributed by atoms with Gasteiger partial charge in [-0.1, -0.05) is 19.8 Å². The molecule has 0 aliphatic carbocycles. The monoisotopic (exact) mass is 261 g/mol. The van der Waals surface area contributed by atoms with Gasteiger partial charge in [0.2, 0.25) is 0 Å². The molecule has 1 saturated heterocycles. The number of nitrogen functional groups attached to an aromatic ring is 1. The molecule has 106 valence electrons. The van der Waals surface area contributed by atoms with Gasteiger partial charge in [-0.15, -0.1) is 0 Å². The highest BCUT2D eigenvalue weighted by Gasteiger charge is 2.14. The highest BCUT2D eigenvalue weighted by molar-refractivity contribution is 5.53. The first-order chi connectivity index (χ1) is 9.29. The summed E-state index contributed by atoms with van der Waals surface area (Å²) in [6.45, 7) is 8.27. The van der Waals surface area contributed by atoms with Crippen LogP contribution in [0.15, 0.2) is 24.3 Å². The molecule has 3 heteroatoms. The molecule has 0 unspecified atom stereocenters. The van der Waals surface area contributed by atoms with Crippen molar-refractivity contribution >= 4 is 11.4 Å². The summed E-state index contributed by atoms with van der Waals surface area (Å²) in [5.74, 6) is 0. The number of benzene rings is 1. The highest BCUT2D eigenvalue weighted by Crippen LogP contribution is 2.18. The van der Waals surface area contributed by atoms with Gasteiger partial charge in [0, 0.05) is 31.0 Å². The first-order valence-corrected chi connectivity index (χ1v) is 7.62. The molecule has 19 heavy (non-hydrogen) atoms. The summed E-state index contributed by atoms with van der Waals surface area (Å²) in [4.78, 5) is 5.10. The predicted octanol–water partition coefficient (Wildman–Crippen LogP) is 2.97. The molecule has 1 aliphatic heterocycles. The van der Waals surface area contributed by atoms with E-state index in [0.29, 0.717) is 0 Å². The van der Waals surface area contributed by atoms with Crippen molar-refractivity contribution in [2.75, 3.05) is 43.4 Å².